The monoisotopic (exact) mass is 474 g/mol. The fourth-order valence-electron chi connectivity index (χ4n) is 4.52. The van der Waals surface area contributed by atoms with Crippen LogP contribution < -0.4 is 0 Å². The summed E-state index contributed by atoms with van der Waals surface area (Å²) in [5.74, 6) is 2.43. The summed E-state index contributed by atoms with van der Waals surface area (Å²) in [4.78, 5) is 2.49. The molecule has 0 amide bonds. The van der Waals surface area contributed by atoms with Gasteiger partial charge in [0.1, 0.15) is 5.82 Å². The van der Waals surface area contributed by atoms with Gasteiger partial charge in [0.05, 0.1) is 24.5 Å². The fraction of sp³-hybridized carbons (Fsp3) is 0.400. The number of aryl methyl sites for hydroxylation is 2. The molecule has 0 aliphatic carbocycles. The molecule has 0 unspecified atom stereocenters. The first-order valence-corrected chi connectivity index (χ1v) is 12.8. The summed E-state index contributed by atoms with van der Waals surface area (Å²) in [5, 5.41) is 22.7. The van der Waals surface area contributed by atoms with Crippen LogP contribution in [0.25, 0.3) is 5.69 Å². The summed E-state index contributed by atoms with van der Waals surface area (Å²) in [6.45, 7) is 8.02. The van der Waals surface area contributed by atoms with E-state index in [0.717, 1.165) is 59.8 Å². The highest BCUT2D eigenvalue weighted by atomic mass is 32.2. The van der Waals surface area contributed by atoms with Gasteiger partial charge in [0, 0.05) is 0 Å². The number of benzene rings is 2. The molecule has 2 aromatic carbocycles. The Hall–Kier alpha value is -3.04. The first kappa shape index (κ1) is 22.7. The van der Waals surface area contributed by atoms with E-state index in [9.17, 15) is 0 Å². The molecule has 0 N–H and O–H groups in total. The van der Waals surface area contributed by atoms with Crippen molar-refractivity contribution in [1.82, 2.24) is 39.9 Å². The smallest absolute Gasteiger partial charge is 0.192 e. The average molecular weight is 475 g/mol. The van der Waals surface area contributed by atoms with E-state index in [1.165, 1.54) is 24.8 Å². The number of hydrogen-bond acceptors (Lipinski definition) is 7. The number of nitrogens with zero attached hydrogens (tertiary/aromatic N) is 8. The van der Waals surface area contributed by atoms with E-state index in [2.05, 4.69) is 91.5 Å². The number of tetrazole rings is 1. The van der Waals surface area contributed by atoms with Crippen molar-refractivity contribution in [2.75, 3.05) is 13.1 Å². The van der Waals surface area contributed by atoms with Gasteiger partial charge in [0.2, 0.25) is 0 Å². The van der Waals surface area contributed by atoms with Crippen LogP contribution in [0.15, 0.2) is 53.7 Å². The Labute approximate surface area is 204 Å². The number of thioether (sulfide) groups is 1. The number of hydrogen-bond donors (Lipinski definition) is 0. The van der Waals surface area contributed by atoms with E-state index >= 15 is 0 Å². The van der Waals surface area contributed by atoms with Gasteiger partial charge in [-0.05, 0) is 66.9 Å². The van der Waals surface area contributed by atoms with Crippen LogP contribution in [0.2, 0.25) is 0 Å². The molecule has 1 aliphatic heterocycles. The third-order valence-electron chi connectivity index (χ3n) is 6.31. The third-order valence-corrected chi connectivity index (χ3v) is 7.27. The molecular formula is C25H30N8S. The predicted octanol–water partition coefficient (Wildman–Crippen LogP) is 4.20. The van der Waals surface area contributed by atoms with Gasteiger partial charge in [-0.3, -0.25) is 4.90 Å². The van der Waals surface area contributed by atoms with Crippen molar-refractivity contribution in [3.63, 3.8) is 0 Å². The highest BCUT2D eigenvalue weighted by Crippen LogP contribution is 2.26. The largest absolute Gasteiger partial charge is 0.300 e. The summed E-state index contributed by atoms with van der Waals surface area (Å²) in [6.07, 6.45) is 3.84. The maximum absolute atomic E-state index is 4.61. The van der Waals surface area contributed by atoms with Crippen LogP contribution in [0.5, 0.6) is 0 Å². The van der Waals surface area contributed by atoms with Gasteiger partial charge in [0.25, 0.3) is 0 Å². The lowest BCUT2D eigenvalue weighted by molar-refractivity contribution is 0.213. The second-order valence-electron chi connectivity index (χ2n) is 8.84. The standard InChI is InChI=1S/C25H30N8S/c1-19-10-9-11-20(2)24(19)33-23(27-29-30-33)18-34-25-28-26-22(17-31-14-7-4-8-15-31)32(25)16-21-12-5-3-6-13-21/h3,5-6,9-13H,4,7-8,14-18H2,1-2H3. The molecule has 9 heteroatoms. The van der Waals surface area contributed by atoms with Crippen LogP contribution in [0.4, 0.5) is 0 Å². The van der Waals surface area contributed by atoms with Crippen molar-refractivity contribution in [2.45, 2.75) is 57.1 Å². The van der Waals surface area contributed by atoms with E-state index in [4.69, 9.17) is 0 Å². The molecular weight excluding hydrogens is 444 g/mol. The molecule has 0 radical (unpaired) electrons. The van der Waals surface area contributed by atoms with Gasteiger partial charge in [-0.15, -0.1) is 15.3 Å². The highest BCUT2D eigenvalue weighted by molar-refractivity contribution is 7.98. The fourth-order valence-corrected chi connectivity index (χ4v) is 5.39. The Bertz CT molecular complexity index is 1210. The lowest BCUT2D eigenvalue weighted by Gasteiger charge is -2.26. The van der Waals surface area contributed by atoms with Crippen LogP contribution in [-0.4, -0.2) is 53.0 Å². The van der Waals surface area contributed by atoms with Crippen molar-refractivity contribution >= 4 is 11.8 Å². The molecule has 176 valence electrons. The van der Waals surface area contributed by atoms with E-state index in [0.29, 0.717) is 5.75 Å². The predicted molar refractivity (Wildman–Crippen MR) is 133 cm³/mol. The lowest BCUT2D eigenvalue weighted by Crippen LogP contribution is -2.30. The molecule has 1 fully saturated rings. The summed E-state index contributed by atoms with van der Waals surface area (Å²) >= 11 is 1.63. The molecule has 0 saturated carbocycles. The van der Waals surface area contributed by atoms with E-state index in [1.807, 2.05) is 10.7 Å². The molecule has 1 saturated heterocycles. The molecule has 1 aliphatic rings. The molecule has 0 bridgehead atoms. The molecule has 4 aromatic rings. The summed E-state index contributed by atoms with van der Waals surface area (Å²) < 4.78 is 4.10. The quantitative estimate of drug-likeness (QED) is 0.354. The van der Waals surface area contributed by atoms with Crippen molar-refractivity contribution in [1.29, 1.82) is 0 Å². The van der Waals surface area contributed by atoms with Crippen molar-refractivity contribution in [2.24, 2.45) is 0 Å². The van der Waals surface area contributed by atoms with Crippen LogP contribution >= 0.6 is 11.8 Å². The second kappa shape index (κ2) is 10.5. The summed E-state index contributed by atoms with van der Waals surface area (Å²) in [6, 6.07) is 16.7. The molecule has 0 spiro atoms. The minimum atomic E-state index is 0.609. The highest BCUT2D eigenvalue weighted by Gasteiger charge is 2.20. The SMILES string of the molecule is Cc1cccc(C)c1-n1nnnc1CSc1nnc(CN2CCCCC2)n1Cc1ccccc1. The molecule has 5 rings (SSSR count). The zero-order chi connectivity index (χ0) is 23.3. The van der Waals surface area contributed by atoms with Gasteiger partial charge in [-0.2, -0.15) is 4.68 Å². The first-order valence-electron chi connectivity index (χ1n) is 11.8. The number of likely N-dealkylation sites (tertiary alicyclic amines) is 1. The lowest BCUT2D eigenvalue weighted by atomic mass is 10.1. The minimum absolute atomic E-state index is 0.609. The normalized spacial score (nSPS) is 14.5. The number of aromatic nitrogens is 7. The van der Waals surface area contributed by atoms with Crippen molar-refractivity contribution in [3.05, 3.63) is 76.9 Å². The number of piperidine rings is 1. The third kappa shape index (κ3) is 5.05. The zero-order valence-corrected chi connectivity index (χ0v) is 20.6. The van der Waals surface area contributed by atoms with Crippen LogP contribution in [0.1, 0.15) is 47.6 Å². The van der Waals surface area contributed by atoms with Crippen molar-refractivity contribution < 1.29 is 0 Å². The minimum Gasteiger partial charge on any atom is -0.300 e. The Morgan fingerprint density at radius 1 is 0.794 bits per heavy atom. The molecule has 3 heterocycles. The zero-order valence-electron chi connectivity index (χ0n) is 19.8. The van der Waals surface area contributed by atoms with Gasteiger partial charge in [-0.25, -0.2) is 0 Å². The van der Waals surface area contributed by atoms with Gasteiger partial charge < -0.3 is 4.57 Å². The van der Waals surface area contributed by atoms with Crippen LogP contribution in [0, 0.1) is 13.8 Å². The summed E-state index contributed by atoms with van der Waals surface area (Å²) in [5.41, 5.74) is 4.58. The maximum atomic E-state index is 4.61. The average Bonchev–Trinajstić information content (AvgIpc) is 3.46. The molecule has 2 aromatic heterocycles. The Balaban J connectivity index is 1.39. The number of rotatable bonds is 8. The Morgan fingerprint density at radius 2 is 1.56 bits per heavy atom. The van der Waals surface area contributed by atoms with Crippen molar-refractivity contribution in [3.8, 4) is 5.69 Å². The van der Waals surface area contributed by atoms with Crippen LogP contribution in [0.3, 0.4) is 0 Å². The van der Waals surface area contributed by atoms with Crippen LogP contribution in [-0.2, 0) is 18.8 Å². The van der Waals surface area contributed by atoms with E-state index in [-0.39, 0.29) is 0 Å². The topological polar surface area (TPSA) is 77.5 Å². The van der Waals surface area contributed by atoms with E-state index in [1.54, 1.807) is 11.8 Å². The summed E-state index contributed by atoms with van der Waals surface area (Å²) in [7, 11) is 0. The molecule has 0 atom stereocenters. The van der Waals surface area contributed by atoms with Gasteiger partial charge in [-0.1, -0.05) is 66.7 Å². The maximum Gasteiger partial charge on any atom is 0.192 e. The number of para-hydroxylation sites is 1. The van der Waals surface area contributed by atoms with E-state index < -0.39 is 0 Å². The van der Waals surface area contributed by atoms with Gasteiger partial charge in [0.15, 0.2) is 11.0 Å². The molecule has 34 heavy (non-hydrogen) atoms. The first-order chi connectivity index (χ1) is 16.7. The van der Waals surface area contributed by atoms with Gasteiger partial charge >= 0.3 is 0 Å². The molecule has 8 nitrogen and oxygen atoms in total. The second-order valence-corrected chi connectivity index (χ2v) is 9.79. The Morgan fingerprint density at radius 3 is 2.32 bits per heavy atom. The Kier molecular flexibility index (Phi) is 7.01.